The van der Waals surface area contributed by atoms with Crippen LogP contribution >= 0.6 is 0 Å². The van der Waals surface area contributed by atoms with Gasteiger partial charge in [-0.25, -0.2) is 0 Å². The van der Waals surface area contributed by atoms with E-state index in [-0.39, 0.29) is 30.9 Å². The van der Waals surface area contributed by atoms with Crippen molar-refractivity contribution in [3.63, 3.8) is 0 Å². The van der Waals surface area contributed by atoms with Crippen molar-refractivity contribution < 1.29 is 19.6 Å². The van der Waals surface area contributed by atoms with Gasteiger partial charge >= 0.3 is 5.97 Å². The number of rotatable bonds is 8. The van der Waals surface area contributed by atoms with E-state index in [4.69, 9.17) is 10.8 Å². The minimum atomic E-state index is -1.05. The molecular weight excluding hydrogens is 278 g/mol. The van der Waals surface area contributed by atoms with Crippen molar-refractivity contribution in [2.75, 3.05) is 13.1 Å². The average molecular weight is 293 g/mol. The molecule has 3 N–H and O–H groups in total. The van der Waals surface area contributed by atoms with Crippen LogP contribution in [-0.2, 0) is 11.3 Å². The lowest BCUT2D eigenvalue weighted by atomic mass is 10.1. The lowest BCUT2D eigenvalue weighted by molar-refractivity contribution is -0.385. The molecule has 0 aliphatic rings. The van der Waals surface area contributed by atoms with E-state index in [1.807, 2.05) is 0 Å². The number of nitro groups is 1. The van der Waals surface area contributed by atoms with Gasteiger partial charge in [-0.2, -0.15) is 0 Å². The maximum atomic E-state index is 11.1. The first-order chi connectivity index (χ1) is 9.85. The first-order valence-electron chi connectivity index (χ1n) is 5.97. The molecule has 0 atom stereocenters. The molecule has 1 aromatic rings. The maximum Gasteiger partial charge on any atom is 0.317 e. The number of hydrogen-bond donors (Lipinski definition) is 2. The summed E-state index contributed by atoms with van der Waals surface area (Å²) < 4.78 is 0. The summed E-state index contributed by atoms with van der Waals surface area (Å²) in [5.41, 5.74) is 5.14. The summed E-state index contributed by atoms with van der Waals surface area (Å²) in [5, 5.41) is 19.9. The third-order valence-corrected chi connectivity index (χ3v) is 2.71. The highest BCUT2D eigenvalue weighted by Gasteiger charge is 2.19. The molecule has 0 bridgehead atoms. The van der Waals surface area contributed by atoms with E-state index in [2.05, 4.69) is 6.58 Å². The largest absolute Gasteiger partial charge is 0.480 e. The molecule has 0 saturated heterocycles. The van der Waals surface area contributed by atoms with E-state index in [9.17, 15) is 19.7 Å². The van der Waals surface area contributed by atoms with Crippen LogP contribution in [0.15, 0.2) is 30.9 Å². The number of nitrogens with two attached hydrogens (primary N) is 1. The molecule has 0 radical (unpaired) electrons. The lowest BCUT2D eigenvalue weighted by Gasteiger charge is -2.18. The maximum absolute atomic E-state index is 11.1. The number of carboxylic acids is 1. The fraction of sp³-hybridized carbons (Fsp3) is 0.231. The van der Waals surface area contributed by atoms with E-state index in [1.54, 1.807) is 0 Å². The highest BCUT2D eigenvalue weighted by Crippen LogP contribution is 2.22. The van der Waals surface area contributed by atoms with Crippen molar-refractivity contribution in [3.8, 4) is 0 Å². The van der Waals surface area contributed by atoms with Crippen LogP contribution in [0.5, 0.6) is 0 Å². The molecule has 112 valence electrons. The molecule has 0 aromatic heterocycles. The first-order valence-corrected chi connectivity index (χ1v) is 5.97. The van der Waals surface area contributed by atoms with Crippen LogP contribution in [0.1, 0.15) is 15.9 Å². The van der Waals surface area contributed by atoms with Crippen LogP contribution in [0.3, 0.4) is 0 Å². The summed E-state index contributed by atoms with van der Waals surface area (Å²) >= 11 is 0. The molecule has 0 unspecified atom stereocenters. The van der Waals surface area contributed by atoms with Gasteiger partial charge in [0.05, 0.1) is 11.5 Å². The van der Waals surface area contributed by atoms with Gasteiger partial charge in [0.2, 0.25) is 5.91 Å². The second kappa shape index (κ2) is 7.15. The highest BCUT2D eigenvalue weighted by molar-refractivity contribution is 5.93. The van der Waals surface area contributed by atoms with Crippen molar-refractivity contribution in [1.29, 1.82) is 0 Å². The molecule has 0 saturated carbocycles. The van der Waals surface area contributed by atoms with E-state index < -0.39 is 16.8 Å². The third-order valence-electron chi connectivity index (χ3n) is 2.71. The summed E-state index contributed by atoms with van der Waals surface area (Å²) in [7, 11) is 0. The quantitative estimate of drug-likeness (QED) is 0.414. The molecule has 8 heteroatoms. The smallest absolute Gasteiger partial charge is 0.317 e. The van der Waals surface area contributed by atoms with E-state index in [0.717, 1.165) is 6.07 Å². The Morgan fingerprint density at radius 1 is 1.48 bits per heavy atom. The second-order valence-corrected chi connectivity index (χ2v) is 4.32. The topological polar surface area (TPSA) is 127 Å². The van der Waals surface area contributed by atoms with Crippen molar-refractivity contribution in [2.24, 2.45) is 5.73 Å². The Labute approximate surface area is 120 Å². The molecule has 0 aliphatic carbocycles. The highest BCUT2D eigenvalue weighted by atomic mass is 16.6. The predicted molar refractivity (Wildman–Crippen MR) is 74.7 cm³/mol. The lowest BCUT2D eigenvalue weighted by Crippen LogP contribution is -2.29. The Morgan fingerprint density at radius 3 is 2.62 bits per heavy atom. The van der Waals surface area contributed by atoms with Gasteiger partial charge < -0.3 is 10.8 Å². The van der Waals surface area contributed by atoms with Crippen LogP contribution in [-0.4, -0.2) is 39.9 Å². The molecule has 1 rings (SSSR count). The molecule has 8 nitrogen and oxygen atoms in total. The number of primary amides is 1. The number of nitro benzene ring substituents is 1. The Kier molecular flexibility index (Phi) is 5.56. The van der Waals surface area contributed by atoms with Crippen LogP contribution < -0.4 is 5.73 Å². The zero-order chi connectivity index (χ0) is 16.0. The Bertz CT molecular complexity index is 585. The number of amides is 1. The predicted octanol–water partition coefficient (Wildman–Crippen LogP) is 0.766. The number of carbonyl (C=O) groups excluding carboxylic acids is 1. The SMILES string of the molecule is C=CCN(CC(=O)O)Cc1ccc(C(N)=O)cc1[N+](=O)[O-]. The normalized spacial score (nSPS) is 10.3. The van der Waals surface area contributed by atoms with Crippen LogP contribution in [0.4, 0.5) is 5.69 Å². The first kappa shape index (κ1) is 16.3. The fourth-order valence-electron chi connectivity index (χ4n) is 1.82. The van der Waals surface area contributed by atoms with E-state index in [0.29, 0.717) is 5.56 Å². The van der Waals surface area contributed by atoms with Crippen molar-refractivity contribution in [1.82, 2.24) is 4.90 Å². The van der Waals surface area contributed by atoms with Gasteiger partial charge in [0, 0.05) is 30.3 Å². The van der Waals surface area contributed by atoms with Gasteiger partial charge in [-0.05, 0) is 6.07 Å². The average Bonchev–Trinajstić information content (AvgIpc) is 2.38. The van der Waals surface area contributed by atoms with Crippen LogP contribution in [0, 0.1) is 10.1 Å². The summed E-state index contributed by atoms with van der Waals surface area (Å²) in [5.74, 6) is -1.81. The van der Waals surface area contributed by atoms with Gasteiger partial charge in [-0.1, -0.05) is 12.1 Å². The molecule has 0 spiro atoms. The number of nitrogens with zero attached hydrogens (tertiary/aromatic N) is 2. The van der Waals surface area contributed by atoms with Gasteiger partial charge in [-0.15, -0.1) is 6.58 Å². The molecule has 0 heterocycles. The zero-order valence-corrected chi connectivity index (χ0v) is 11.2. The van der Waals surface area contributed by atoms with Gasteiger partial charge in [0.15, 0.2) is 0 Å². The summed E-state index contributed by atoms with van der Waals surface area (Å²) in [6.45, 7) is 3.55. The summed E-state index contributed by atoms with van der Waals surface area (Å²) in [4.78, 5) is 33.7. The van der Waals surface area contributed by atoms with Crippen molar-refractivity contribution in [3.05, 3.63) is 52.1 Å². The number of benzene rings is 1. The summed E-state index contributed by atoms with van der Waals surface area (Å²) in [6, 6.07) is 3.86. The molecule has 1 aromatic carbocycles. The third kappa shape index (κ3) is 4.69. The van der Waals surface area contributed by atoms with E-state index in [1.165, 1.54) is 23.1 Å². The van der Waals surface area contributed by atoms with Crippen LogP contribution in [0.2, 0.25) is 0 Å². The number of carboxylic acid groups (broad SMARTS) is 1. The Hall–Kier alpha value is -2.74. The zero-order valence-electron chi connectivity index (χ0n) is 11.2. The van der Waals surface area contributed by atoms with Crippen molar-refractivity contribution >= 4 is 17.6 Å². The summed E-state index contributed by atoms with van der Waals surface area (Å²) in [6.07, 6.45) is 1.51. The number of carbonyl (C=O) groups is 2. The Balaban J connectivity index is 3.10. The molecule has 0 aliphatic heterocycles. The standard InChI is InChI=1S/C13H15N3O5/c1-2-5-15(8-12(17)18)7-10-4-3-9(13(14)19)6-11(10)16(20)21/h2-4,6H,1,5,7-8H2,(H2,14,19)(H,17,18). The number of aliphatic carboxylic acids is 1. The Morgan fingerprint density at radius 2 is 2.14 bits per heavy atom. The minimum absolute atomic E-state index is 0.0268. The molecule has 1 amide bonds. The van der Waals surface area contributed by atoms with Crippen molar-refractivity contribution in [2.45, 2.75) is 6.54 Å². The fourth-order valence-corrected chi connectivity index (χ4v) is 1.82. The monoisotopic (exact) mass is 293 g/mol. The van der Waals surface area contributed by atoms with Crippen LogP contribution in [0.25, 0.3) is 0 Å². The number of hydrogen-bond acceptors (Lipinski definition) is 5. The molecular formula is C13H15N3O5. The second-order valence-electron chi connectivity index (χ2n) is 4.32. The van der Waals surface area contributed by atoms with Gasteiger partial charge in [-0.3, -0.25) is 24.6 Å². The molecule has 21 heavy (non-hydrogen) atoms. The van der Waals surface area contributed by atoms with Gasteiger partial charge in [0.1, 0.15) is 0 Å². The van der Waals surface area contributed by atoms with Gasteiger partial charge in [0.25, 0.3) is 5.69 Å². The molecule has 0 fully saturated rings. The van der Waals surface area contributed by atoms with E-state index >= 15 is 0 Å². The minimum Gasteiger partial charge on any atom is -0.480 e.